The van der Waals surface area contributed by atoms with Gasteiger partial charge in [-0.15, -0.1) is 0 Å². The van der Waals surface area contributed by atoms with Crippen molar-refractivity contribution in [1.82, 2.24) is 15.0 Å². The first kappa shape index (κ1) is 17.3. The first-order valence-corrected chi connectivity index (χ1v) is 9.17. The lowest BCUT2D eigenvalue weighted by atomic mass is 10.1. The molecule has 4 heterocycles. The number of amides is 1. The van der Waals surface area contributed by atoms with Crippen molar-refractivity contribution in [3.63, 3.8) is 0 Å². The van der Waals surface area contributed by atoms with Crippen LogP contribution in [-0.4, -0.2) is 33.1 Å². The van der Waals surface area contributed by atoms with Gasteiger partial charge in [0.2, 0.25) is 17.5 Å². The van der Waals surface area contributed by atoms with E-state index in [1.807, 2.05) is 26.0 Å². The predicted octanol–water partition coefficient (Wildman–Crippen LogP) is 4.21. The quantitative estimate of drug-likeness (QED) is 0.550. The number of pyridine rings is 1. The van der Waals surface area contributed by atoms with Gasteiger partial charge in [0.05, 0.1) is 23.1 Å². The Morgan fingerprint density at radius 2 is 1.90 bits per heavy atom. The van der Waals surface area contributed by atoms with Gasteiger partial charge in [0.1, 0.15) is 11.4 Å². The topological polar surface area (TPSA) is 102 Å². The van der Waals surface area contributed by atoms with Gasteiger partial charge in [-0.25, -0.2) is 15.0 Å². The number of ether oxygens (including phenoxy) is 1. The van der Waals surface area contributed by atoms with Crippen LogP contribution in [-0.2, 0) is 0 Å². The third-order valence-corrected chi connectivity index (χ3v) is 4.66. The molecule has 4 aromatic rings. The zero-order valence-corrected chi connectivity index (χ0v) is 16.1. The summed E-state index contributed by atoms with van der Waals surface area (Å²) in [6.45, 7) is 5.98. The van der Waals surface area contributed by atoms with E-state index in [1.165, 1.54) is 0 Å². The number of nitrogens with one attached hydrogen (secondary N) is 1. The second-order valence-electron chi connectivity index (χ2n) is 6.96. The Kier molecular flexibility index (Phi) is 3.80. The summed E-state index contributed by atoms with van der Waals surface area (Å²) in [5.41, 5.74) is 3.50. The molecule has 8 nitrogen and oxygen atoms in total. The third kappa shape index (κ3) is 2.98. The third-order valence-electron chi connectivity index (χ3n) is 4.66. The standard InChI is InChI=1S/C21H17N5O3/c1-10-8-17(25-12(3)23-10)29-16-7-4-13-14(26-16)5-6-15-18(13)19-20(28-15)21(27)24-11(2)9-22-19/h4-8,22H,9H2,1-3H3. The van der Waals surface area contributed by atoms with E-state index in [2.05, 4.69) is 25.3 Å². The van der Waals surface area contributed by atoms with Crippen LogP contribution in [0.15, 0.2) is 39.7 Å². The van der Waals surface area contributed by atoms with Crippen molar-refractivity contribution in [3.05, 3.63) is 47.6 Å². The molecule has 0 fully saturated rings. The van der Waals surface area contributed by atoms with Crippen LogP contribution in [0.1, 0.15) is 29.0 Å². The summed E-state index contributed by atoms with van der Waals surface area (Å²) in [5.74, 6) is 1.34. The van der Waals surface area contributed by atoms with Crippen LogP contribution in [0.5, 0.6) is 11.8 Å². The Hall–Kier alpha value is -3.81. The summed E-state index contributed by atoms with van der Waals surface area (Å²) in [5, 5.41) is 4.93. The van der Waals surface area contributed by atoms with E-state index in [-0.39, 0.29) is 11.7 Å². The monoisotopic (exact) mass is 387 g/mol. The van der Waals surface area contributed by atoms with E-state index < -0.39 is 0 Å². The molecule has 0 saturated heterocycles. The molecular weight excluding hydrogens is 370 g/mol. The van der Waals surface area contributed by atoms with Gasteiger partial charge in [-0.05, 0) is 39.0 Å². The molecule has 0 bridgehead atoms. The number of aryl methyl sites for hydroxylation is 2. The summed E-state index contributed by atoms with van der Waals surface area (Å²) in [7, 11) is 0. The fourth-order valence-corrected chi connectivity index (χ4v) is 3.48. The Balaban J connectivity index is 1.61. The van der Waals surface area contributed by atoms with Crippen molar-refractivity contribution in [2.45, 2.75) is 20.8 Å². The minimum atomic E-state index is -0.380. The van der Waals surface area contributed by atoms with E-state index in [0.29, 0.717) is 41.1 Å². The van der Waals surface area contributed by atoms with Gasteiger partial charge in [0.25, 0.3) is 0 Å². The Bertz CT molecular complexity index is 1320. The highest BCUT2D eigenvalue weighted by Crippen LogP contribution is 2.38. The van der Waals surface area contributed by atoms with Crippen LogP contribution in [0.25, 0.3) is 21.9 Å². The fraction of sp³-hybridized carbons (Fsp3) is 0.190. The van der Waals surface area contributed by atoms with Crippen LogP contribution in [0, 0.1) is 13.8 Å². The van der Waals surface area contributed by atoms with Gasteiger partial charge in [-0.3, -0.25) is 4.79 Å². The lowest BCUT2D eigenvalue weighted by molar-refractivity contribution is 0.0980. The molecule has 3 aromatic heterocycles. The molecule has 0 aliphatic carbocycles. The highest BCUT2D eigenvalue weighted by Gasteiger charge is 2.24. The number of fused-ring (bicyclic) bond motifs is 5. The number of furan rings is 1. The van der Waals surface area contributed by atoms with E-state index in [0.717, 1.165) is 22.0 Å². The van der Waals surface area contributed by atoms with Crippen LogP contribution < -0.4 is 10.1 Å². The number of anilines is 1. The number of benzene rings is 1. The molecule has 0 atom stereocenters. The fourth-order valence-electron chi connectivity index (χ4n) is 3.48. The Morgan fingerprint density at radius 1 is 1.03 bits per heavy atom. The number of carbonyl (C=O) groups excluding carboxylic acids is 1. The van der Waals surface area contributed by atoms with Gasteiger partial charge < -0.3 is 14.5 Å². The summed E-state index contributed by atoms with van der Waals surface area (Å²) in [6, 6.07) is 9.07. The molecule has 0 radical (unpaired) electrons. The second-order valence-corrected chi connectivity index (χ2v) is 6.96. The molecule has 1 aliphatic rings. The number of hydrogen-bond donors (Lipinski definition) is 1. The molecule has 1 N–H and O–H groups in total. The van der Waals surface area contributed by atoms with E-state index in [4.69, 9.17) is 9.15 Å². The van der Waals surface area contributed by atoms with Gasteiger partial charge in [-0.1, -0.05) is 0 Å². The lowest BCUT2D eigenvalue weighted by Gasteiger charge is -2.08. The van der Waals surface area contributed by atoms with Crippen molar-refractivity contribution in [2.75, 3.05) is 11.9 Å². The molecule has 1 amide bonds. The molecule has 0 spiro atoms. The van der Waals surface area contributed by atoms with E-state index in [9.17, 15) is 4.79 Å². The average Bonchev–Trinajstić information content (AvgIpc) is 2.98. The minimum Gasteiger partial charge on any atom is -0.449 e. The summed E-state index contributed by atoms with van der Waals surface area (Å²) >= 11 is 0. The van der Waals surface area contributed by atoms with E-state index in [1.54, 1.807) is 25.1 Å². The SMILES string of the molecule is CC1=NC(=O)c2oc3ccc4nc(Oc5cc(C)nc(C)n5)ccc4c3c2NC1. The maximum atomic E-state index is 12.4. The molecule has 5 rings (SSSR count). The number of rotatable bonds is 2. The zero-order valence-electron chi connectivity index (χ0n) is 16.1. The van der Waals surface area contributed by atoms with Crippen molar-refractivity contribution in [3.8, 4) is 11.8 Å². The molecule has 8 heteroatoms. The van der Waals surface area contributed by atoms with Crippen LogP contribution in [0.4, 0.5) is 5.69 Å². The van der Waals surface area contributed by atoms with Crippen LogP contribution in [0.2, 0.25) is 0 Å². The largest absolute Gasteiger partial charge is 0.449 e. The van der Waals surface area contributed by atoms with E-state index >= 15 is 0 Å². The molecule has 29 heavy (non-hydrogen) atoms. The maximum absolute atomic E-state index is 12.4. The van der Waals surface area contributed by atoms with Crippen LogP contribution in [0.3, 0.4) is 0 Å². The van der Waals surface area contributed by atoms with Crippen molar-refractivity contribution in [2.24, 2.45) is 4.99 Å². The van der Waals surface area contributed by atoms with Gasteiger partial charge in [-0.2, -0.15) is 4.98 Å². The van der Waals surface area contributed by atoms with Crippen molar-refractivity contribution < 1.29 is 13.9 Å². The highest BCUT2D eigenvalue weighted by atomic mass is 16.5. The number of aromatic nitrogens is 3. The predicted molar refractivity (Wildman–Crippen MR) is 109 cm³/mol. The lowest BCUT2D eigenvalue weighted by Crippen LogP contribution is -2.08. The zero-order chi connectivity index (χ0) is 20.1. The van der Waals surface area contributed by atoms with Gasteiger partial charge in [0.15, 0.2) is 0 Å². The number of hydrogen-bond acceptors (Lipinski definition) is 7. The second kappa shape index (κ2) is 6.37. The molecule has 1 aromatic carbocycles. The summed E-state index contributed by atoms with van der Waals surface area (Å²) < 4.78 is 11.6. The molecule has 0 saturated carbocycles. The Labute approximate surface area is 165 Å². The van der Waals surface area contributed by atoms with Gasteiger partial charge >= 0.3 is 5.91 Å². The molecule has 1 aliphatic heterocycles. The minimum absolute atomic E-state index is 0.219. The summed E-state index contributed by atoms with van der Waals surface area (Å²) in [6.07, 6.45) is 0. The highest BCUT2D eigenvalue weighted by molar-refractivity contribution is 6.19. The smallest absolute Gasteiger partial charge is 0.314 e. The Morgan fingerprint density at radius 3 is 2.72 bits per heavy atom. The van der Waals surface area contributed by atoms with Crippen molar-refractivity contribution in [1.29, 1.82) is 0 Å². The average molecular weight is 387 g/mol. The first-order valence-electron chi connectivity index (χ1n) is 9.17. The summed E-state index contributed by atoms with van der Waals surface area (Å²) in [4.78, 5) is 29.5. The normalized spacial score (nSPS) is 13.8. The van der Waals surface area contributed by atoms with Crippen LogP contribution >= 0.6 is 0 Å². The first-order chi connectivity index (χ1) is 14.0. The molecular formula is C21H17N5O3. The number of carbonyl (C=O) groups is 1. The number of aliphatic imine (C=N–C) groups is 1. The van der Waals surface area contributed by atoms with Crippen molar-refractivity contribution >= 4 is 39.2 Å². The molecule has 0 unspecified atom stereocenters. The maximum Gasteiger partial charge on any atom is 0.314 e. The van der Waals surface area contributed by atoms with Gasteiger partial charge in [0, 0.05) is 28.9 Å². The number of nitrogens with zero attached hydrogens (tertiary/aromatic N) is 4. The molecule has 144 valence electrons.